The molecule has 8 heteroatoms. The van der Waals surface area contributed by atoms with Gasteiger partial charge in [0.05, 0.1) is 0 Å². The molecule has 0 radical (unpaired) electrons. The van der Waals surface area contributed by atoms with Crippen LogP contribution in [0.25, 0.3) is 0 Å². The first-order valence-electron chi connectivity index (χ1n) is 0.783. The van der Waals surface area contributed by atoms with Crippen molar-refractivity contribution >= 4 is 7.82 Å². The van der Waals surface area contributed by atoms with E-state index in [4.69, 9.17) is 19.2 Å². The molecule has 0 aliphatic heterocycles. The van der Waals surface area contributed by atoms with E-state index in [9.17, 15) is 0 Å². The Morgan fingerprint density at radius 2 is 1.25 bits per heavy atom. The second kappa shape index (κ2) is 8.35. The van der Waals surface area contributed by atoms with Crippen molar-refractivity contribution in [3.8, 4) is 0 Å². The minimum Gasteiger partial charge on any atom is -1.00 e. The van der Waals surface area contributed by atoms with E-state index >= 15 is 0 Å². The predicted molar refractivity (Wildman–Crippen MR) is 17.9 cm³/mol. The largest absolute Gasteiger partial charge is 1.00 e. The van der Waals surface area contributed by atoms with Crippen LogP contribution < -0.4 is 18.9 Å². The molecule has 0 aromatic rings. The molecule has 0 rings (SSSR count). The number of phosphoric acid groups is 1. The van der Waals surface area contributed by atoms with Crippen molar-refractivity contribution in [1.29, 1.82) is 0 Å². The van der Waals surface area contributed by atoms with Gasteiger partial charge >= 0.3 is 26.7 Å². The Balaban J connectivity index is -0.0000000133. The Kier molecular flexibility index (Phi) is 23.8. The molecule has 0 aliphatic rings. The van der Waals surface area contributed by atoms with Crippen LogP contribution in [0.1, 0.15) is 1.43 Å². The Morgan fingerprint density at radius 1 is 1.25 bits per heavy atom. The van der Waals surface area contributed by atoms with E-state index in [1.165, 1.54) is 0 Å². The molecule has 0 bridgehead atoms. The molecule has 3 N–H and O–H groups in total. The standard InChI is InChI=1S/FH.Li.H3O4P.Ti.H/c;;1-5(2,3)4;;/h1H;;(H3,1,2,3,4);;/q;+1;;;-1. The summed E-state index contributed by atoms with van der Waals surface area (Å²) in [5, 5.41) is 0. The van der Waals surface area contributed by atoms with Gasteiger partial charge in [-0.3, -0.25) is 4.70 Å². The van der Waals surface area contributed by atoms with Gasteiger partial charge < -0.3 is 16.1 Å². The van der Waals surface area contributed by atoms with Crippen LogP contribution >= 0.6 is 7.82 Å². The van der Waals surface area contributed by atoms with Gasteiger partial charge in [-0.05, 0) is 0 Å². The van der Waals surface area contributed by atoms with Gasteiger partial charge in [0.2, 0.25) is 0 Å². The number of halogens is 1. The first kappa shape index (κ1) is 22.8. The Morgan fingerprint density at radius 3 is 1.25 bits per heavy atom. The summed E-state index contributed by atoms with van der Waals surface area (Å²) in [6.45, 7) is 0. The summed E-state index contributed by atoms with van der Waals surface area (Å²) in [5.41, 5.74) is 0. The molecular formula is H5FLiO4PTi. The molecule has 8 heavy (non-hydrogen) atoms. The maximum Gasteiger partial charge on any atom is 1.00 e. The maximum atomic E-state index is 8.88. The SMILES string of the molecule is F.O=P(O)(O)O.[H-].[Li+].[Ti]. The molecular weight excluding hydrogens is 169 g/mol. The summed E-state index contributed by atoms with van der Waals surface area (Å²) in [7, 11) is -4.64. The number of rotatable bonds is 0. The topological polar surface area (TPSA) is 77.8 Å². The molecule has 0 amide bonds. The van der Waals surface area contributed by atoms with E-state index in [2.05, 4.69) is 0 Å². The zero-order valence-electron chi connectivity index (χ0n) is 5.11. The average molecular weight is 174 g/mol. The van der Waals surface area contributed by atoms with Crippen molar-refractivity contribution in [2.24, 2.45) is 0 Å². The van der Waals surface area contributed by atoms with E-state index < -0.39 is 7.82 Å². The molecule has 0 saturated heterocycles. The molecule has 0 heterocycles. The fraction of sp³-hybridized carbons (Fsp3) is 0. The molecule has 0 spiro atoms. The summed E-state index contributed by atoms with van der Waals surface area (Å²) in [4.78, 5) is 21.6. The van der Waals surface area contributed by atoms with Gasteiger partial charge in [0.15, 0.2) is 0 Å². The van der Waals surface area contributed by atoms with Crippen molar-refractivity contribution in [2.75, 3.05) is 0 Å². The van der Waals surface area contributed by atoms with Crippen LogP contribution in [0, 0.1) is 0 Å². The van der Waals surface area contributed by atoms with Crippen molar-refractivity contribution in [3.05, 3.63) is 0 Å². The van der Waals surface area contributed by atoms with Crippen molar-refractivity contribution < 1.29 is 66.0 Å². The third-order valence-electron chi connectivity index (χ3n) is 0. The van der Waals surface area contributed by atoms with E-state index in [-0.39, 0.29) is 46.7 Å². The van der Waals surface area contributed by atoms with Gasteiger partial charge in [-0.1, -0.05) is 0 Å². The molecule has 0 unspecified atom stereocenters. The Labute approximate surface area is 73.8 Å². The minimum absolute atomic E-state index is 0. The molecule has 0 fully saturated rings. The first-order chi connectivity index (χ1) is 2.00. The van der Waals surface area contributed by atoms with Gasteiger partial charge in [0, 0.05) is 21.7 Å². The van der Waals surface area contributed by atoms with Crippen LogP contribution in [0.2, 0.25) is 0 Å². The van der Waals surface area contributed by atoms with Crippen LogP contribution in [-0.4, -0.2) is 14.7 Å². The van der Waals surface area contributed by atoms with Crippen LogP contribution in [-0.2, 0) is 26.3 Å². The smallest absolute Gasteiger partial charge is 1.00 e. The van der Waals surface area contributed by atoms with Crippen LogP contribution in [0.4, 0.5) is 4.70 Å². The van der Waals surface area contributed by atoms with E-state index in [0.29, 0.717) is 0 Å². The van der Waals surface area contributed by atoms with Crippen molar-refractivity contribution in [3.63, 3.8) is 0 Å². The minimum atomic E-state index is -4.64. The van der Waals surface area contributed by atoms with Gasteiger partial charge in [0.1, 0.15) is 0 Å². The van der Waals surface area contributed by atoms with Gasteiger partial charge in [-0.2, -0.15) is 0 Å². The molecule has 0 aliphatic carbocycles. The molecule has 0 saturated carbocycles. The van der Waals surface area contributed by atoms with Crippen LogP contribution in [0.5, 0.6) is 0 Å². The molecule has 46 valence electrons. The molecule has 0 atom stereocenters. The van der Waals surface area contributed by atoms with Gasteiger partial charge in [-0.25, -0.2) is 4.57 Å². The Bertz CT molecular complexity index is 66.7. The first-order valence-corrected chi connectivity index (χ1v) is 2.35. The monoisotopic (exact) mass is 174 g/mol. The number of hydrogen-bond donors (Lipinski definition) is 3. The fourth-order valence-corrected chi connectivity index (χ4v) is 0. The molecule has 0 aromatic heterocycles. The predicted octanol–water partition coefficient (Wildman–Crippen LogP) is -3.66. The second-order valence-electron chi connectivity index (χ2n) is 0.513. The quantitative estimate of drug-likeness (QED) is 0.261. The van der Waals surface area contributed by atoms with Crippen LogP contribution in [0.3, 0.4) is 0 Å². The third-order valence-corrected chi connectivity index (χ3v) is 0. The summed E-state index contributed by atoms with van der Waals surface area (Å²) in [5.74, 6) is 0. The zero-order chi connectivity index (χ0) is 4.50. The summed E-state index contributed by atoms with van der Waals surface area (Å²) >= 11 is 0. The van der Waals surface area contributed by atoms with E-state index in [1.807, 2.05) is 0 Å². The average Bonchev–Trinajstić information content (AvgIpc) is 0.722. The molecule has 0 aromatic carbocycles. The van der Waals surface area contributed by atoms with Gasteiger partial charge in [-0.15, -0.1) is 0 Å². The zero-order valence-corrected chi connectivity index (χ0v) is 6.56. The van der Waals surface area contributed by atoms with Gasteiger partial charge in [0.25, 0.3) is 0 Å². The summed E-state index contributed by atoms with van der Waals surface area (Å²) in [6.07, 6.45) is 0. The van der Waals surface area contributed by atoms with Crippen LogP contribution in [0.15, 0.2) is 0 Å². The summed E-state index contributed by atoms with van der Waals surface area (Å²) < 4.78 is 8.88. The van der Waals surface area contributed by atoms with E-state index in [0.717, 1.165) is 0 Å². The van der Waals surface area contributed by atoms with Crippen molar-refractivity contribution in [1.82, 2.24) is 0 Å². The second-order valence-corrected chi connectivity index (χ2v) is 1.54. The fourth-order valence-electron chi connectivity index (χ4n) is 0. The van der Waals surface area contributed by atoms with Crippen molar-refractivity contribution in [2.45, 2.75) is 0 Å². The maximum absolute atomic E-state index is 8.88. The Hall–Kier alpha value is 1.35. The molecule has 4 nitrogen and oxygen atoms in total. The third kappa shape index (κ3) is 162. The normalized spacial score (nSPS) is 7.38. The number of hydrogen-bond acceptors (Lipinski definition) is 1. The van der Waals surface area contributed by atoms with E-state index in [1.54, 1.807) is 0 Å². The summed E-state index contributed by atoms with van der Waals surface area (Å²) in [6, 6.07) is 0.